The van der Waals surface area contributed by atoms with Gasteiger partial charge in [-0.15, -0.1) is 10.2 Å². The van der Waals surface area contributed by atoms with Crippen LogP contribution in [0, 0.1) is 10.1 Å². The van der Waals surface area contributed by atoms with E-state index in [0.717, 1.165) is 6.07 Å². The number of azo groups is 1. The Balaban J connectivity index is 0.00000306. The summed E-state index contributed by atoms with van der Waals surface area (Å²) in [6.07, 6.45) is 0. The SMILES string of the molecule is O=[N+]([O-])c1cc(O)c(N=Nc2c(S(=O)(=O)[O-])cc3cc(S(=O)(=O)[O-])cc(O)c3c2O)cc1Cl.[Na+].[Na+]. The molecule has 0 saturated heterocycles. The van der Waals surface area contributed by atoms with E-state index in [1.54, 1.807) is 0 Å². The van der Waals surface area contributed by atoms with Gasteiger partial charge in [0.1, 0.15) is 48.1 Å². The summed E-state index contributed by atoms with van der Waals surface area (Å²) in [7, 11) is -10.5. The predicted octanol–water partition coefficient (Wildman–Crippen LogP) is -3.25. The first-order chi connectivity index (χ1) is 15.1. The average Bonchev–Trinajstić information content (AvgIpc) is 2.66. The van der Waals surface area contributed by atoms with Crippen molar-refractivity contribution in [3.63, 3.8) is 0 Å². The smallest absolute Gasteiger partial charge is 0.744 e. The first-order valence-electron chi connectivity index (χ1n) is 8.14. The third-order valence-electron chi connectivity index (χ3n) is 4.16. The maximum atomic E-state index is 11.7. The predicted molar refractivity (Wildman–Crippen MR) is 107 cm³/mol. The molecule has 3 aromatic carbocycles. The average molecular weight is 564 g/mol. The van der Waals surface area contributed by atoms with Crippen LogP contribution in [0.2, 0.25) is 5.02 Å². The number of nitro benzene ring substituents is 1. The Labute approximate surface area is 245 Å². The molecule has 0 atom stereocenters. The largest absolute Gasteiger partial charge is 1.00 e. The Morgan fingerprint density at radius 2 is 1.46 bits per heavy atom. The summed E-state index contributed by atoms with van der Waals surface area (Å²) < 4.78 is 68.8. The molecule has 14 nitrogen and oxygen atoms in total. The van der Waals surface area contributed by atoms with Gasteiger partial charge < -0.3 is 24.4 Å². The molecule has 3 rings (SSSR count). The van der Waals surface area contributed by atoms with Gasteiger partial charge in [0.05, 0.1) is 26.2 Å². The zero-order valence-corrected chi connectivity index (χ0v) is 23.9. The van der Waals surface area contributed by atoms with Crippen LogP contribution in [0.4, 0.5) is 17.1 Å². The molecule has 0 unspecified atom stereocenters. The van der Waals surface area contributed by atoms with Crippen LogP contribution in [-0.4, -0.2) is 46.2 Å². The maximum Gasteiger partial charge on any atom is 1.00 e. The molecule has 0 aromatic heterocycles. The van der Waals surface area contributed by atoms with E-state index in [-0.39, 0.29) is 59.1 Å². The minimum absolute atomic E-state index is 0. The molecule has 0 aliphatic heterocycles. The van der Waals surface area contributed by atoms with Gasteiger partial charge in [-0.1, -0.05) is 11.6 Å². The number of nitrogens with zero attached hydrogens (tertiary/aromatic N) is 3. The maximum absolute atomic E-state index is 11.7. The summed E-state index contributed by atoms with van der Waals surface area (Å²) in [6.45, 7) is 0. The number of phenolic OH excluding ortho intramolecular Hbond substituents is 3. The van der Waals surface area contributed by atoms with Gasteiger partial charge in [0, 0.05) is 0 Å². The second-order valence-electron chi connectivity index (χ2n) is 6.27. The van der Waals surface area contributed by atoms with Crippen molar-refractivity contribution >= 4 is 59.7 Å². The molecule has 19 heteroatoms. The van der Waals surface area contributed by atoms with Gasteiger partial charge in [0.25, 0.3) is 5.69 Å². The van der Waals surface area contributed by atoms with E-state index in [4.69, 9.17) is 11.6 Å². The van der Waals surface area contributed by atoms with Crippen LogP contribution in [0.1, 0.15) is 0 Å². The van der Waals surface area contributed by atoms with E-state index in [0.29, 0.717) is 24.3 Å². The summed E-state index contributed by atoms with van der Waals surface area (Å²) in [4.78, 5) is 7.75. The van der Waals surface area contributed by atoms with E-state index in [1.807, 2.05) is 0 Å². The second kappa shape index (κ2) is 11.2. The van der Waals surface area contributed by atoms with Gasteiger partial charge in [-0.3, -0.25) is 10.1 Å². The van der Waals surface area contributed by atoms with Crippen LogP contribution in [0.25, 0.3) is 10.8 Å². The number of fused-ring (bicyclic) bond motifs is 1. The minimum atomic E-state index is -5.40. The van der Waals surface area contributed by atoms with Crippen molar-refractivity contribution in [1.82, 2.24) is 0 Å². The number of hydrogen-bond donors (Lipinski definition) is 3. The van der Waals surface area contributed by atoms with E-state index in [1.165, 1.54) is 0 Å². The van der Waals surface area contributed by atoms with Gasteiger partial charge in [-0.25, -0.2) is 16.8 Å². The van der Waals surface area contributed by atoms with Crippen molar-refractivity contribution in [2.24, 2.45) is 10.2 Å². The topological polar surface area (TPSA) is 243 Å². The van der Waals surface area contributed by atoms with Crippen molar-refractivity contribution in [1.29, 1.82) is 0 Å². The quantitative estimate of drug-likeness (QED) is 0.0914. The number of rotatable bonds is 5. The van der Waals surface area contributed by atoms with Crippen LogP contribution in [0.5, 0.6) is 17.2 Å². The number of nitro groups is 1. The van der Waals surface area contributed by atoms with E-state index in [2.05, 4.69) is 10.2 Å². The molecule has 35 heavy (non-hydrogen) atoms. The first kappa shape index (κ1) is 31.5. The Morgan fingerprint density at radius 3 is 1.97 bits per heavy atom. The number of aromatic hydroxyl groups is 3. The van der Waals surface area contributed by atoms with E-state index >= 15 is 0 Å². The Morgan fingerprint density at radius 1 is 0.857 bits per heavy atom. The molecular weight excluding hydrogens is 556 g/mol. The fourth-order valence-corrected chi connectivity index (χ4v) is 4.13. The summed E-state index contributed by atoms with van der Waals surface area (Å²) >= 11 is 5.71. The van der Waals surface area contributed by atoms with Gasteiger partial charge in [0.15, 0.2) is 5.75 Å². The fraction of sp³-hybridized carbons (Fsp3) is 0. The molecule has 0 saturated carbocycles. The molecule has 0 amide bonds. The molecule has 0 aliphatic carbocycles. The van der Waals surface area contributed by atoms with Crippen molar-refractivity contribution < 1.29 is 105 Å². The molecule has 0 bridgehead atoms. The van der Waals surface area contributed by atoms with Gasteiger partial charge in [-0.2, -0.15) is 0 Å². The molecule has 0 radical (unpaired) electrons. The molecule has 0 heterocycles. The molecule has 0 spiro atoms. The van der Waals surface area contributed by atoms with Crippen molar-refractivity contribution in [2.45, 2.75) is 9.79 Å². The number of phenols is 3. The van der Waals surface area contributed by atoms with Crippen LogP contribution >= 0.6 is 11.6 Å². The Hall–Kier alpha value is -1.57. The zero-order chi connectivity index (χ0) is 24.9. The third kappa shape index (κ3) is 6.60. The van der Waals surface area contributed by atoms with E-state index < -0.39 is 85.1 Å². The monoisotopic (exact) mass is 563 g/mol. The molecular formula is C16H8ClN3Na2O11S2. The zero-order valence-electron chi connectivity index (χ0n) is 17.5. The minimum Gasteiger partial charge on any atom is -0.744 e. The fourth-order valence-electron chi connectivity index (χ4n) is 2.73. The van der Waals surface area contributed by atoms with Gasteiger partial charge in [0.2, 0.25) is 0 Å². The third-order valence-corrected chi connectivity index (χ3v) is 6.12. The number of benzene rings is 3. The molecule has 174 valence electrons. The summed E-state index contributed by atoms with van der Waals surface area (Å²) in [5.41, 5.74) is -2.21. The standard InChI is InChI=1S/C16H10ClN3O11S2.2Na/c17-8-4-9(11(21)5-10(8)20(24)25)18-19-15-13(33(29,30)31)2-6-1-7(32(26,27)28)3-12(22)14(6)16(15)23;;/h1-5,21-23H,(H,26,27,28)(H,29,30,31);;/q;2*+1/p-2. The Kier molecular flexibility index (Phi) is 10.1. The van der Waals surface area contributed by atoms with Crippen LogP contribution in [0.3, 0.4) is 0 Å². The molecule has 3 aromatic rings. The second-order valence-corrected chi connectivity index (χ2v) is 9.41. The van der Waals surface area contributed by atoms with Crippen LogP contribution < -0.4 is 59.1 Å². The summed E-state index contributed by atoms with van der Waals surface area (Å²) in [5, 5.41) is 46.6. The number of hydrogen-bond acceptors (Lipinski definition) is 13. The normalized spacial score (nSPS) is 11.7. The van der Waals surface area contributed by atoms with Crippen molar-refractivity contribution in [2.75, 3.05) is 0 Å². The van der Waals surface area contributed by atoms with Gasteiger partial charge in [-0.05, 0) is 29.7 Å². The van der Waals surface area contributed by atoms with Gasteiger partial charge >= 0.3 is 59.1 Å². The molecule has 0 fully saturated rings. The molecule has 0 aliphatic rings. The first-order valence-corrected chi connectivity index (χ1v) is 11.3. The summed E-state index contributed by atoms with van der Waals surface area (Å²) in [5.74, 6) is -2.91. The van der Waals surface area contributed by atoms with Crippen LogP contribution in [-0.2, 0) is 20.2 Å². The van der Waals surface area contributed by atoms with Crippen molar-refractivity contribution in [3.8, 4) is 17.2 Å². The summed E-state index contributed by atoms with van der Waals surface area (Å²) in [6, 6.07) is 3.07. The van der Waals surface area contributed by atoms with Crippen LogP contribution in [0.15, 0.2) is 50.4 Å². The molecule has 3 N–H and O–H groups in total. The number of halogens is 1. The van der Waals surface area contributed by atoms with Crippen molar-refractivity contribution in [3.05, 3.63) is 45.5 Å². The Bertz CT molecular complexity index is 1600. The van der Waals surface area contributed by atoms with E-state index in [9.17, 15) is 51.4 Å².